The molecule has 2 heterocycles. The summed E-state index contributed by atoms with van der Waals surface area (Å²) in [6.07, 6.45) is 2.95. The van der Waals surface area contributed by atoms with E-state index in [-0.39, 0.29) is 11.7 Å². The van der Waals surface area contributed by atoms with Crippen LogP contribution < -0.4 is 5.32 Å². The van der Waals surface area contributed by atoms with E-state index in [1.54, 1.807) is 12.1 Å². The van der Waals surface area contributed by atoms with Gasteiger partial charge in [-0.3, -0.25) is 4.79 Å². The monoisotopic (exact) mass is 346 g/mol. The lowest BCUT2D eigenvalue weighted by Gasteiger charge is -2.08. The molecule has 1 fully saturated rings. The second-order valence-corrected chi connectivity index (χ2v) is 6.46. The summed E-state index contributed by atoms with van der Waals surface area (Å²) in [6, 6.07) is 6.76. The van der Waals surface area contributed by atoms with Crippen molar-refractivity contribution in [1.82, 2.24) is 10.5 Å². The van der Waals surface area contributed by atoms with E-state index >= 15 is 0 Å². The number of rotatable bonds is 7. The number of aryl methyl sites for hydroxylation is 2. The SMILES string of the molecule is Cc1c(C(=O)NCC2CCOC2)noc1CCCc1ccccc1F. The highest BCUT2D eigenvalue weighted by Crippen LogP contribution is 2.17. The first-order valence-electron chi connectivity index (χ1n) is 8.69. The van der Waals surface area contributed by atoms with Gasteiger partial charge in [-0.05, 0) is 37.8 Å². The zero-order valence-electron chi connectivity index (χ0n) is 14.4. The number of amides is 1. The first-order chi connectivity index (χ1) is 12.1. The van der Waals surface area contributed by atoms with Gasteiger partial charge in [0.15, 0.2) is 5.69 Å². The van der Waals surface area contributed by atoms with Crippen LogP contribution in [0.1, 0.15) is 40.2 Å². The van der Waals surface area contributed by atoms with Crippen LogP contribution >= 0.6 is 0 Å². The van der Waals surface area contributed by atoms with Gasteiger partial charge in [-0.15, -0.1) is 0 Å². The summed E-state index contributed by atoms with van der Waals surface area (Å²) in [7, 11) is 0. The van der Waals surface area contributed by atoms with E-state index in [1.165, 1.54) is 6.07 Å². The summed E-state index contributed by atoms with van der Waals surface area (Å²) in [5.41, 5.74) is 1.78. The van der Waals surface area contributed by atoms with E-state index in [1.807, 2.05) is 13.0 Å². The van der Waals surface area contributed by atoms with Crippen molar-refractivity contribution in [1.29, 1.82) is 0 Å². The lowest BCUT2D eigenvalue weighted by molar-refractivity contribution is 0.0935. The van der Waals surface area contributed by atoms with E-state index in [2.05, 4.69) is 10.5 Å². The number of nitrogens with one attached hydrogen (secondary N) is 1. The van der Waals surface area contributed by atoms with Crippen LogP contribution in [-0.2, 0) is 17.6 Å². The Morgan fingerprint density at radius 3 is 2.96 bits per heavy atom. The third-order valence-corrected chi connectivity index (χ3v) is 4.62. The van der Waals surface area contributed by atoms with Crippen LogP contribution in [0.15, 0.2) is 28.8 Å². The molecule has 1 saturated heterocycles. The molecule has 1 aliphatic heterocycles. The molecule has 3 rings (SSSR count). The minimum Gasteiger partial charge on any atom is -0.381 e. The molecule has 1 amide bonds. The fourth-order valence-electron chi connectivity index (χ4n) is 3.02. The Labute approximate surface area is 146 Å². The minimum atomic E-state index is -0.214. The maximum absolute atomic E-state index is 13.6. The van der Waals surface area contributed by atoms with Gasteiger partial charge >= 0.3 is 0 Å². The molecule has 0 aliphatic carbocycles. The molecule has 0 bridgehead atoms. The fraction of sp³-hybridized carbons (Fsp3) is 0.474. The third-order valence-electron chi connectivity index (χ3n) is 4.62. The van der Waals surface area contributed by atoms with Crippen LogP contribution in [-0.4, -0.2) is 30.8 Å². The molecule has 1 unspecified atom stereocenters. The van der Waals surface area contributed by atoms with Crippen molar-refractivity contribution in [3.63, 3.8) is 0 Å². The van der Waals surface area contributed by atoms with Gasteiger partial charge in [0.2, 0.25) is 0 Å². The Kier molecular flexibility index (Phi) is 5.81. The highest BCUT2D eigenvalue weighted by molar-refractivity contribution is 5.93. The van der Waals surface area contributed by atoms with E-state index in [4.69, 9.17) is 9.26 Å². The number of aromatic nitrogens is 1. The molecular weight excluding hydrogens is 323 g/mol. The molecule has 1 N–H and O–H groups in total. The molecule has 1 aromatic heterocycles. The molecule has 25 heavy (non-hydrogen) atoms. The first-order valence-corrected chi connectivity index (χ1v) is 8.69. The zero-order valence-corrected chi connectivity index (χ0v) is 14.4. The summed E-state index contributed by atoms with van der Waals surface area (Å²) in [5.74, 6) is 0.656. The van der Waals surface area contributed by atoms with Crippen molar-refractivity contribution >= 4 is 5.91 Å². The first kappa shape index (κ1) is 17.6. The summed E-state index contributed by atoms with van der Waals surface area (Å²) in [6.45, 7) is 3.88. The smallest absolute Gasteiger partial charge is 0.273 e. The number of halogens is 1. The molecular formula is C19H23FN2O3. The van der Waals surface area contributed by atoms with Gasteiger partial charge in [0.1, 0.15) is 11.6 Å². The Morgan fingerprint density at radius 2 is 2.20 bits per heavy atom. The van der Waals surface area contributed by atoms with Gasteiger partial charge in [-0.1, -0.05) is 23.4 Å². The van der Waals surface area contributed by atoms with Gasteiger partial charge < -0.3 is 14.6 Å². The average molecular weight is 346 g/mol. The van der Waals surface area contributed by atoms with Gasteiger partial charge in [-0.2, -0.15) is 0 Å². The number of ether oxygens (including phenoxy) is 1. The Hall–Kier alpha value is -2.21. The molecule has 1 aliphatic rings. The summed E-state index contributed by atoms with van der Waals surface area (Å²) in [4.78, 5) is 12.3. The van der Waals surface area contributed by atoms with Gasteiger partial charge in [0.05, 0.1) is 6.61 Å². The van der Waals surface area contributed by atoms with Crippen LogP contribution in [0.2, 0.25) is 0 Å². The maximum atomic E-state index is 13.6. The van der Waals surface area contributed by atoms with E-state index < -0.39 is 0 Å². The number of nitrogens with zero attached hydrogens (tertiary/aromatic N) is 1. The third kappa shape index (κ3) is 4.45. The van der Waals surface area contributed by atoms with Crippen molar-refractivity contribution < 1.29 is 18.4 Å². The molecule has 0 spiro atoms. The second-order valence-electron chi connectivity index (χ2n) is 6.46. The van der Waals surface area contributed by atoms with Gasteiger partial charge in [-0.25, -0.2) is 4.39 Å². The summed E-state index contributed by atoms with van der Waals surface area (Å²) in [5, 5.41) is 6.81. The Bertz CT molecular complexity index is 723. The van der Waals surface area contributed by atoms with Crippen LogP contribution in [0.5, 0.6) is 0 Å². The minimum absolute atomic E-state index is 0.187. The lowest BCUT2D eigenvalue weighted by Crippen LogP contribution is -2.30. The Morgan fingerprint density at radius 1 is 1.36 bits per heavy atom. The van der Waals surface area contributed by atoms with Crippen molar-refractivity contribution in [2.45, 2.75) is 32.6 Å². The molecule has 1 aromatic carbocycles. The lowest BCUT2D eigenvalue weighted by atomic mass is 10.0. The fourth-order valence-corrected chi connectivity index (χ4v) is 3.02. The van der Waals surface area contributed by atoms with Crippen LogP contribution in [0.3, 0.4) is 0 Å². The Balaban J connectivity index is 1.51. The molecule has 6 heteroatoms. The molecule has 0 saturated carbocycles. The maximum Gasteiger partial charge on any atom is 0.273 e. The average Bonchev–Trinajstić information content (AvgIpc) is 3.25. The summed E-state index contributed by atoms with van der Waals surface area (Å²) >= 11 is 0. The predicted octanol–water partition coefficient (Wildman–Crippen LogP) is 3.06. The molecule has 0 radical (unpaired) electrons. The van der Waals surface area contributed by atoms with Crippen LogP contribution in [0, 0.1) is 18.7 Å². The number of hydrogen-bond acceptors (Lipinski definition) is 4. The van der Waals surface area contributed by atoms with Crippen molar-refractivity contribution in [2.24, 2.45) is 5.92 Å². The summed E-state index contributed by atoms with van der Waals surface area (Å²) < 4.78 is 24.2. The van der Waals surface area contributed by atoms with Gasteiger partial charge in [0.25, 0.3) is 5.91 Å². The predicted molar refractivity (Wildman–Crippen MR) is 90.9 cm³/mol. The topological polar surface area (TPSA) is 64.4 Å². The second kappa shape index (κ2) is 8.25. The highest BCUT2D eigenvalue weighted by atomic mass is 19.1. The standard InChI is InChI=1S/C19H23FN2O3/c1-13-17(8-4-6-15-5-2-3-7-16(15)20)25-22-18(13)19(23)21-11-14-9-10-24-12-14/h2-3,5,7,14H,4,6,8-12H2,1H3,(H,21,23). The number of hydrogen-bond donors (Lipinski definition) is 1. The normalized spacial score (nSPS) is 17.0. The van der Waals surface area contributed by atoms with Gasteiger partial charge in [0, 0.05) is 31.1 Å². The van der Waals surface area contributed by atoms with Crippen molar-refractivity contribution in [2.75, 3.05) is 19.8 Å². The molecule has 5 nitrogen and oxygen atoms in total. The highest BCUT2D eigenvalue weighted by Gasteiger charge is 2.21. The van der Waals surface area contributed by atoms with E-state index in [9.17, 15) is 9.18 Å². The zero-order chi connectivity index (χ0) is 17.6. The largest absolute Gasteiger partial charge is 0.381 e. The number of benzene rings is 1. The van der Waals surface area contributed by atoms with E-state index in [0.717, 1.165) is 25.0 Å². The number of carbonyl (C=O) groups is 1. The molecule has 134 valence electrons. The van der Waals surface area contributed by atoms with Crippen LogP contribution in [0.25, 0.3) is 0 Å². The molecule has 1 atom stereocenters. The van der Waals surface area contributed by atoms with E-state index in [0.29, 0.717) is 48.9 Å². The number of carbonyl (C=O) groups excluding carboxylic acids is 1. The quantitative estimate of drug-likeness (QED) is 0.837. The van der Waals surface area contributed by atoms with Crippen LogP contribution in [0.4, 0.5) is 4.39 Å². The van der Waals surface area contributed by atoms with Crippen molar-refractivity contribution in [3.8, 4) is 0 Å². The molecule has 2 aromatic rings. The van der Waals surface area contributed by atoms with Crippen molar-refractivity contribution in [3.05, 3.63) is 52.7 Å².